The molecule has 3 rings (SSSR count). The third kappa shape index (κ3) is 4.40. The molecule has 0 amide bonds. The number of ether oxygens (including phenoxy) is 2. The Kier molecular flexibility index (Phi) is 6.21. The van der Waals surface area contributed by atoms with Crippen LogP contribution in [0.15, 0.2) is 18.5 Å². The Morgan fingerprint density at radius 3 is 2.81 bits per heavy atom. The number of rotatable bonds is 6. The second-order valence-corrected chi connectivity index (χ2v) is 7.22. The van der Waals surface area contributed by atoms with Crippen molar-refractivity contribution < 1.29 is 9.47 Å². The van der Waals surface area contributed by atoms with Gasteiger partial charge in [-0.05, 0) is 24.7 Å². The molecule has 1 fully saturated rings. The Labute approximate surface area is 158 Å². The van der Waals surface area contributed by atoms with Crippen molar-refractivity contribution in [3.8, 4) is 17.1 Å². The molecule has 2 aromatic rings. The van der Waals surface area contributed by atoms with Crippen LogP contribution in [0.25, 0.3) is 11.4 Å². The lowest BCUT2D eigenvalue weighted by Crippen LogP contribution is -2.38. The largest absolute Gasteiger partial charge is 0.465 e. The fourth-order valence-electron chi connectivity index (χ4n) is 3.10. The minimum Gasteiger partial charge on any atom is -0.465 e. The Morgan fingerprint density at radius 2 is 2.12 bits per heavy atom. The maximum absolute atomic E-state index is 6.01. The molecule has 1 aliphatic heterocycles. The smallest absolute Gasteiger partial charge is 0.245 e. The third-order valence-corrected chi connectivity index (χ3v) is 4.83. The normalized spacial score (nSPS) is 17.6. The molecule has 1 saturated heterocycles. The van der Waals surface area contributed by atoms with E-state index in [9.17, 15) is 0 Å². The molecule has 0 unspecified atom stereocenters. The van der Waals surface area contributed by atoms with E-state index < -0.39 is 0 Å². The van der Waals surface area contributed by atoms with E-state index in [4.69, 9.17) is 21.1 Å². The molecule has 3 heterocycles. The van der Waals surface area contributed by atoms with E-state index in [0.717, 1.165) is 19.5 Å². The van der Waals surface area contributed by atoms with Crippen LogP contribution < -0.4 is 9.64 Å². The van der Waals surface area contributed by atoms with E-state index >= 15 is 0 Å². The Hall–Kier alpha value is -1.99. The summed E-state index contributed by atoms with van der Waals surface area (Å²) < 4.78 is 10.5. The number of hydrogen-bond acceptors (Lipinski definition) is 7. The summed E-state index contributed by atoms with van der Waals surface area (Å²) in [5, 5.41) is 9.11. The summed E-state index contributed by atoms with van der Waals surface area (Å²) in [5.41, 5.74) is 1.07. The van der Waals surface area contributed by atoms with E-state index in [1.165, 1.54) is 6.42 Å². The van der Waals surface area contributed by atoms with Gasteiger partial charge < -0.3 is 14.4 Å². The van der Waals surface area contributed by atoms with Gasteiger partial charge in [-0.2, -0.15) is 0 Å². The molecule has 2 aromatic heterocycles. The molecule has 0 spiro atoms. The van der Waals surface area contributed by atoms with Crippen LogP contribution in [0.5, 0.6) is 5.75 Å². The van der Waals surface area contributed by atoms with Crippen LogP contribution in [-0.4, -0.2) is 47.2 Å². The highest BCUT2D eigenvalue weighted by molar-refractivity contribution is 6.30. The van der Waals surface area contributed by atoms with Gasteiger partial charge in [-0.3, -0.25) is 0 Å². The maximum Gasteiger partial charge on any atom is 0.245 e. The van der Waals surface area contributed by atoms with Gasteiger partial charge in [0.25, 0.3) is 0 Å². The number of pyridine rings is 1. The van der Waals surface area contributed by atoms with E-state index in [0.29, 0.717) is 39.9 Å². The van der Waals surface area contributed by atoms with Gasteiger partial charge in [-0.15, -0.1) is 10.2 Å². The zero-order chi connectivity index (χ0) is 18.5. The van der Waals surface area contributed by atoms with Crippen molar-refractivity contribution in [1.82, 2.24) is 20.2 Å². The van der Waals surface area contributed by atoms with Crippen molar-refractivity contribution in [3.63, 3.8) is 0 Å². The predicted octanol–water partition coefficient (Wildman–Crippen LogP) is 3.44. The van der Waals surface area contributed by atoms with Crippen LogP contribution >= 0.6 is 11.6 Å². The van der Waals surface area contributed by atoms with Crippen LogP contribution in [-0.2, 0) is 4.74 Å². The predicted molar refractivity (Wildman–Crippen MR) is 100 cm³/mol. The minimum absolute atomic E-state index is 0.0956. The summed E-state index contributed by atoms with van der Waals surface area (Å²) in [6.07, 6.45) is 5.64. The van der Waals surface area contributed by atoms with Crippen LogP contribution in [0.4, 0.5) is 5.95 Å². The van der Waals surface area contributed by atoms with Gasteiger partial charge in [0.15, 0.2) is 12.5 Å². The summed E-state index contributed by atoms with van der Waals surface area (Å²) in [5.74, 6) is 2.47. The summed E-state index contributed by atoms with van der Waals surface area (Å²) in [6.45, 7) is 6.57. The lowest BCUT2D eigenvalue weighted by Gasteiger charge is -2.34. The van der Waals surface area contributed by atoms with E-state index in [-0.39, 0.29) is 6.79 Å². The first kappa shape index (κ1) is 18.8. The van der Waals surface area contributed by atoms with Crippen molar-refractivity contribution in [2.75, 3.05) is 31.9 Å². The van der Waals surface area contributed by atoms with Gasteiger partial charge >= 0.3 is 0 Å². The number of methoxy groups -OCH3 is 1. The molecule has 0 aromatic carbocycles. The fraction of sp³-hybridized carbons (Fsp3) is 0.556. The minimum atomic E-state index is 0.0956. The van der Waals surface area contributed by atoms with E-state index in [1.54, 1.807) is 25.6 Å². The maximum atomic E-state index is 6.01. The van der Waals surface area contributed by atoms with Crippen molar-refractivity contribution in [2.45, 2.75) is 26.7 Å². The molecule has 1 aliphatic rings. The number of hydrogen-bond donors (Lipinski definition) is 0. The number of anilines is 1. The lowest BCUT2D eigenvalue weighted by atomic mass is 9.88. The average Bonchev–Trinajstić information content (AvgIpc) is 2.67. The lowest BCUT2D eigenvalue weighted by molar-refractivity contribution is 0.0513. The molecule has 8 heteroatoms. The summed E-state index contributed by atoms with van der Waals surface area (Å²) in [4.78, 5) is 11.0. The van der Waals surface area contributed by atoms with Crippen LogP contribution in [0.2, 0.25) is 5.02 Å². The standard InChI is InChI=1S/C18H24ClN5O2/c1-12(2)13-5-4-6-24(10-13)18-21-9-15(22-23-18)17-16(26-11-25-3)7-14(19)8-20-17/h7-9,12-13H,4-6,10-11H2,1-3H3/t13-/m1/s1. The van der Waals surface area contributed by atoms with E-state index in [2.05, 4.69) is 38.9 Å². The van der Waals surface area contributed by atoms with Gasteiger partial charge in [0.05, 0.1) is 11.2 Å². The van der Waals surface area contributed by atoms with Crippen LogP contribution in [0.3, 0.4) is 0 Å². The highest BCUT2D eigenvalue weighted by atomic mass is 35.5. The zero-order valence-corrected chi connectivity index (χ0v) is 16.1. The van der Waals surface area contributed by atoms with E-state index in [1.807, 2.05) is 0 Å². The van der Waals surface area contributed by atoms with Gasteiger partial charge in [0, 0.05) is 32.5 Å². The molecule has 1 atom stereocenters. The third-order valence-electron chi connectivity index (χ3n) is 4.63. The molecule has 26 heavy (non-hydrogen) atoms. The molecular weight excluding hydrogens is 354 g/mol. The molecule has 7 nitrogen and oxygen atoms in total. The van der Waals surface area contributed by atoms with Crippen molar-refractivity contribution in [1.29, 1.82) is 0 Å². The van der Waals surface area contributed by atoms with Crippen molar-refractivity contribution in [3.05, 3.63) is 23.5 Å². The highest BCUT2D eigenvalue weighted by Gasteiger charge is 2.24. The SMILES string of the molecule is COCOc1cc(Cl)cnc1-c1cnc(N2CCC[C@@H](C(C)C)C2)nn1. The first-order valence-corrected chi connectivity index (χ1v) is 9.18. The number of nitrogens with zero attached hydrogens (tertiary/aromatic N) is 5. The van der Waals surface area contributed by atoms with Crippen LogP contribution in [0.1, 0.15) is 26.7 Å². The molecule has 0 bridgehead atoms. The summed E-state index contributed by atoms with van der Waals surface area (Å²) in [6, 6.07) is 1.68. The molecule has 0 radical (unpaired) electrons. The number of halogens is 1. The molecule has 0 aliphatic carbocycles. The van der Waals surface area contributed by atoms with Crippen molar-refractivity contribution >= 4 is 17.5 Å². The fourth-order valence-corrected chi connectivity index (χ4v) is 3.25. The highest BCUT2D eigenvalue weighted by Crippen LogP contribution is 2.29. The first-order valence-electron chi connectivity index (χ1n) is 8.80. The molecule has 140 valence electrons. The topological polar surface area (TPSA) is 73.3 Å². The first-order chi connectivity index (χ1) is 12.6. The summed E-state index contributed by atoms with van der Waals surface area (Å²) in [7, 11) is 1.55. The Morgan fingerprint density at radius 1 is 1.27 bits per heavy atom. The second-order valence-electron chi connectivity index (χ2n) is 6.79. The van der Waals surface area contributed by atoms with Gasteiger partial charge in [0.2, 0.25) is 5.95 Å². The van der Waals surface area contributed by atoms with Crippen molar-refractivity contribution in [2.24, 2.45) is 11.8 Å². The van der Waals surface area contributed by atoms with Gasteiger partial charge in [-0.25, -0.2) is 9.97 Å². The molecular formula is C18H24ClN5O2. The number of piperidine rings is 1. The number of aromatic nitrogens is 4. The monoisotopic (exact) mass is 377 g/mol. The zero-order valence-electron chi connectivity index (χ0n) is 15.4. The van der Waals surface area contributed by atoms with Gasteiger partial charge in [0.1, 0.15) is 11.4 Å². The summed E-state index contributed by atoms with van der Waals surface area (Å²) >= 11 is 6.01. The molecule has 0 saturated carbocycles. The Bertz CT molecular complexity index is 726. The second kappa shape index (κ2) is 8.60. The quantitative estimate of drug-likeness (QED) is 0.714. The average molecular weight is 378 g/mol. The van der Waals surface area contributed by atoms with Crippen LogP contribution in [0, 0.1) is 11.8 Å². The van der Waals surface area contributed by atoms with Gasteiger partial charge in [-0.1, -0.05) is 25.4 Å². The Balaban J connectivity index is 1.79. The molecule has 0 N–H and O–H groups in total.